The second-order valence-corrected chi connectivity index (χ2v) is 8.68. The molecule has 8 nitrogen and oxygen atoms in total. The molecule has 4 aromatic rings. The number of fused-ring (bicyclic) bond motifs is 1. The highest BCUT2D eigenvalue weighted by molar-refractivity contribution is 6.01. The topological polar surface area (TPSA) is 87.5 Å². The SMILES string of the molecule is CC(C)COc1nc(-c2ccc3c(c2)OCO3)n(-c2ccc(NC(=O)/C=C/c3ccccc3)cc2)n1. The molecule has 8 heteroatoms. The quantitative estimate of drug-likeness (QED) is 0.341. The van der Waals surface area contributed by atoms with Crippen LogP contribution in [0.1, 0.15) is 19.4 Å². The summed E-state index contributed by atoms with van der Waals surface area (Å²) >= 11 is 0. The van der Waals surface area contributed by atoms with Gasteiger partial charge in [-0.05, 0) is 60.0 Å². The van der Waals surface area contributed by atoms with Crippen LogP contribution in [-0.2, 0) is 4.79 Å². The van der Waals surface area contributed by atoms with Gasteiger partial charge in [-0.1, -0.05) is 44.2 Å². The molecule has 0 atom stereocenters. The van der Waals surface area contributed by atoms with Crippen molar-refractivity contribution in [2.24, 2.45) is 5.92 Å². The van der Waals surface area contributed by atoms with Gasteiger partial charge in [-0.2, -0.15) is 4.98 Å². The van der Waals surface area contributed by atoms with E-state index in [1.54, 1.807) is 10.8 Å². The lowest BCUT2D eigenvalue weighted by atomic mass is 10.2. The summed E-state index contributed by atoms with van der Waals surface area (Å²) in [7, 11) is 0. The van der Waals surface area contributed by atoms with Crippen molar-refractivity contribution in [3.05, 3.63) is 84.4 Å². The summed E-state index contributed by atoms with van der Waals surface area (Å²) in [6, 6.07) is 23.0. The van der Waals surface area contributed by atoms with Crippen LogP contribution in [0.25, 0.3) is 23.2 Å². The van der Waals surface area contributed by atoms with E-state index < -0.39 is 0 Å². The molecule has 182 valence electrons. The molecule has 0 spiro atoms. The average Bonchev–Trinajstić information content (AvgIpc) is 3.54. The first-order valence-electron chi connectivity index (χ1n) is 11.7. The summed E-state index contributed by atoms with van der Waals surface area (Å²) in [5, 5.41) is 7.47. The van der Waals surface area contributed by atoms with Gasteiger partial charge >= 0.3 is 6.01 Å². The largest absolute Gasteiger partial charge is 0.462 e. The Morgan fingerprint density at radius 3 is 2.61 bits per heavy atom. The zero-order valence-corrected chi connectivity index (χ0v) is 20.0. The van der Waals surface area contributed by atoms with Gasteiger partial charge < -0.3 is 19.5 Å². The number of hydrogen-bond acceptors (Lipinski definition) is 6. The van der Waals surface area contributed by atoms with Gasteiger partial charge in [0, 0.05) is 17.3 Å². The van der Waals surface area contributed by atoms with Crippen molar-refractivity contribution in [3.63, 3.8) is 0 Å². The molecule has 0 saturated heterocycles. The smallest absolute Gasteiger partial charge is 0.336 e. The standard InChI is InChI=1S/C28H26N4O4/c1-19(2)17-34-28-30-27(21-9-14-24-25(16-21)36-18-35-24)32(31-28)23-12-10-22(11-13-23)29-26(33)15-8-20-6-4-3-5-7-20/h3-16,19H,17-18H2,1-2H3,(H,29,33)/b15-8+. The Hall–Kier alpha value is -4.59. The molecule has 3 aromatic carbocycles. The summed E-state index contributed by atoms with van der Waals surface area (Å²) in [6.07, 6.45) is 3.28. The lowest BCUT2D eigenvalue weighted by Gasteiger charge is -2.08. The van der Waals surface area contributed by atoms with Crippen LogP contribution < -0.4 is 19.5 Å². The number of ether oxygens (including phenoxy) is 3. The number of anilines is 1. The van der Waals surface area contributed by atoms with Crippen molar-refractivity contribution in [1.29, 1.82) is 0 Å². The molecule has 0 radical (unpaired) electrons. The molecule has 5 rings (SSSR count). The van der Waals surface area contributed by atoms with Crippen LogP contribution in [0.2, 0.25) is 0 Å². The number of nitrogens with one attached hydrogen (secondary N) is 1. The average molecular weight is 483 g/mol. The highest BCUT2D eigenvalue weighted by Gasteiger charge is 2.19. The highest BCUT2D eigenvalue weighted by atomic mass is 16.7. The lowest BCUT2D eigenvalue weighted by Crippen LogP contribution is -2.08. The van der Waals surface area contributed by atoms with Gasteiger partial charge in [0.25, 0.3) is 0 Å². The maximum absolute atomic E-state index is 12.3. The Morgan fingerprint density at radius 1 is 1.06 bits per heavy atom. The first kappa shape index (κ1) is 23.2. The zero-order chi connectivity index (χ0) is 24.9. The zero-order valence-electron chi connectivity index (χ0n) is 20.0. The van der Waals surface area contributed by atoms with Crippen LogP contribution in [-0.4, -0.2) is 34.1 Å². The molecule has 0 aliphatic carbocycles. The van der Waals surface area contributed by atoms with Crippen molar-refractivity contribution >= 4 is 17.7 Å². The van der Waals surface area contributed by atoms with Crippen molar-refractivity contribution in [2.75, 3.05) is 18.7 Å². The molecule has 2 heterocycles. The number of hydrogen-bond donors (Lipinski definition) is 1. The first-order chi connectivity index (χ1) is 17.5. The van der Waals surface area contributed by atoms with Crippen molar-refractivity contribution in [1.82, 2.24) is 14.8 Å². The van der Waals surface area contributed by atoms with E-state index in [0.29, 0.717) is 41.5 Å². The summed E-state index contributed by atoms with van der Waals surface area (Å²) in [4.78, 5) is 17.0. The summed E-state index contributed by atoms with van der Waals surface area (Å²) in [5.41, 5.74) is 3.21. The van der Waals surface area contributed by atoms with Gasteiger partial charge in [0.1, 0.15) is 0 Å². The third-order valence-electron chi connectivity index (χ3n) is 5.37. The van der Waals surface area contributed by atoms with E-state index in [2.05, 4.69) is 29.2 Å². The number of carbonyl (C=O) groups excluding carboxylic acids is 1. The number of nitrogens with zero attached hydrogens (tertiary/aromatic N) is 3. The van der Waals surface area contributed by atoms with E-state index in [4.69, 9.17) is 14.2 Å². The van der Waals surface area contributed by atoms with Crippen LogP contribution in [0.3, 0.4) is 0 Å². The fraction of sp³-hybridized carbons (Fsp3) is 0.179. The molecule has 36 heavy (non-hydrogen) atoms. The first-order valence-corrected chi connectivity index (χ1v) is 11.7. The van der Waals surface area contributed by atoms with E-state index in [9.17, 15) is 4.79 Å². The highest BCUT2D eigenvalue weighted by Crippen LogP contribution is 2.36. The van der Waals surface area contributed by atoms with Gasteiger partial charge in [-0.3, -0.25) is 4.79 Å². The van der Waals surface area contributed by atoms with E-state index in [1.165, 1.54) is 6.08 Å². The molecule has 0 fully saturated rings. The number of rotatable bonds is 8. The van der Waals surface area contributed by atoms with Crippen LogP contribution >= 0.6 is 0 Å². The summed E-state index contributed by atoms with van der Waals surface area (Å²) in [5.74, 6) is 2.09. The second kappa shape index (κ2) is 10.4. The maximum Gasteiger partial charge on any atom is 0.336 e. The number of amides is 1. The van der Waals surface area contributed by atoms with Gasteiger partial charge in [0.05, 0.1) is 12.3 Å². The van der Waals surface area contributed by atoms with Crippen LogP contribution in [0.5, 0.6) is 17.5 Å². The normalized spacial score (nSPS) is 12.3. The number of carbonyl (C=O) groups is 1. The van der Waals surface area contributed by atoms with Gasteiger partial charge in [-0.15, -0.1) is 5.10 Å². The van der Waals surface area contributed by atoms with Crippen LogP contribution in [0.4, 0.5) is 5.69 Å². The van der Waals surface area contributed by atoms with Crippen molar-refractivity contribution in [3.8, 4) is 34.6 Å². The number of benzene rings is 3. The molecule has 0 saturated carbocycles. The predicted octanol–water partition coefficient (Wildman–Crippen LogP) is 5.35. The monoisotopic (exact) mass is 482 g/mol. The van der Waals surface area contributed by atoms with Crippen molar-refractivity contribution < 1.29 is 19.0 Å². The predicted molar refractivity (Wildman–Crippen MR) is 137 cm³/mol. The van der Waals surface area contributed by atoms with Gasteiger partial charge in [0.15, 0.2) is 17.3 Å². The molecule has 1 aliphatic heterocycles. The molecular formula is C28H26N4O4. The molecule has 1 N–H and O–H groups in total. The lowest BCUT2D eigenvalue weighted by molar-refractivity contribution is -0.111. The van der Waals surface area contributed by atoms with Crippen LogP contribution in [0, 0.1) is 5.92 Å². The molecule has 1 amide bonds. The minimum Gasteiger partial charge on any atom is -0.462 e. The van der Waals surface area contributed by atoms with Crippen molar-refractivity contribution in [2.45, 2.75) is 13.8 Å². The maximum atomic E-state index is 12.3. The summed E-state index contributed by atoms with van der Waals surface area (Å²) < 4.78 is 18.5. The van der Waals surface area contributed by atoms with E-state index in [1.807, 2.05) is 72.8 Å². The number of aromatic nitrogens is 3. The Balaban J connectivity index is 1.38. The summed E-state index contributed by atoms with van der Waals surface area (Å²) in [6.45, 7) is 4.84. The van der Waals surface area contributed by atoms with Gasteiger partial charge in [0.2, 0.25) is 12.7 Å². The molecular weight excluding hydrogens is 456 g/mol. The Bertz CT molecular complexity index is 1380. The van der Waals surface area contributed by atoms with E-state index in [-0.39, 0.29) is 12.7 Å². The minimum atomic E-state index is -0.210. The Kier molecular flexibility index (Phi) is 6.66. The second-order valence-electron chi connectivity index (χ2n) is 8.68. The fourth-order valence-electron chi connectivity index (χ4n) is 3.60. The Morgan fingerprint density at radius 2 is 1.83 bits per heavy atom. The molecule has 0 bridgehead atoms. The molecule has 1 aliphatic rings. The molecule has 0 unspecified atom stereocenters. The minimum absolute atomic E-state index is 0.196. The fourth-order valence-corrected chi connectivity index (χ4v) is 3.60. The third-order valence-corrected chi connectivity index (χ3v) is 5.37. The van der Waals surface area contributed by atoms with Gasteiger partial charge in [-0.25, -0.2) is 4.68 Å². The molecule has 1 aromatic heterocycles. The van der Waals surface area contributed by atoms with E-state index in [0.717, 1.165) is 16.8 Å². The Labute approximate surface area is 209 Å². The third kappa shape index (κ3) is 5.38. The van der Waals surface area contributed by atoms with E-state index >= 15 is 0 Å². The van der Waals surface area contributed by atoms with Crippen LogP contribution in [0.15, 0.2) is 78.9 Å².